The molecule has 3 aromatic rings. The van der Waals surface area contributed by atoms with Gasteiger partial charge in [-0.05, 0) is 60.7 Å². The number of nitrogens with zero attached hydrogens (tertiary/aromatic N) is 2. The molecule has 0 N–H and O–H groups in total. The Bertz CT molecular complexity index is 871. The average Bonchev–Trinajstić information content (AvgIpc) is 2.57. The Morgan fingerprint density at radius 1 is 0.957 bits per heavy atom. The van der Waals surface area contributed by atoms with Gasteiger partial charge >= 0.3 is 0 Å². The number of pyridine rings is 1. The van der Waals surface area contributed by atoms with Crippen molar-refractivity contribution in [3.63, 3.8) is 0 Å². The molecule has 1 heterocycles. The van der Waals surface area contributed by atoms with Crippen molar-refractivity contribution in [2.75, 3.05) is 0 Å². The van der Waals surface area contributed by atoms with Crippen LogP contribution < -0.4 is 0 Å². The topological polar surface area (TPSA) is 36.7 Å². The van der Waals surface area contributed by atoms with E-state index in [0.717, 1.165) is 10.5 Å². The molecule has 0 saturated heterocycles. The van der Waals surface area contributed by atoms with E-state index >= 15 is 0 Å². The lowest BCUT2D eigenvalue weighted by Crippen LogP contribution is -1.91. The minimum absolute atomic E-state index is 0.293. The van der Waals surface area contributed by atoms with Gasteiger partial charge in [-0.3, -0.25) is 0 Å². The highest BCUT2D eigenvalue weighted by molar-refractivity contribution is 7.99. The Hall–Kier alpha value is -2.35. The Morgan fingerprint density at radius 3 is 2.30 bits per heavy atom. The minimum Gasteiger partial charge on any atom is -0.240 e. The van der Waals surface area contributed by atoms with Crippen LogP contribution in [0.3, 0.4) is 0 Å². The van der Waals surface area contributed by atoms with Crippen LogP contribution in [-0.4, -0.2) is 4.98 Å². The quantitative estimate of drug-likeness (QED) is 0.626. The Morgan fingerprint density at radius 2 is 1.65 bits per heavy atom. The van der Waals surface area contributed by atoms with E-state index in [0.29, 0.717) is 21.3 Å². The van der Waals surface area contributed by atoms with Gasteiger partial charge in [-0.1, -0.05) is 23.4 Å². The van der Waals surface area contributed by atoms with Crippen molar-refractivity contribution < 1.29 is 4.39 Å². The molecule has 2 aromatic carbocycles. The van der Waals surface area contributed by atoms with Crippen LogP contribution >= 0.6 is 23.4 Å². The van der Waals surface area contributed by atoms with Crippen LogP contribution in [0.1, 0.15) is 5.56 Å². The SMILES string of the molecule is N#Cc1ccc(-c2ccc(F)cc2)nc1Sc1ccc(Cl)cc1. The molecular weight excluding hydrogens is 331 g/mol. The van der Waals surface area contributed by atoms with Gasteiger partial charge in [0.15, 0.2) is 0 Å². The molecule has 0 unspecified atom stereocenters. The summed E-state index contributed by atoms with van der Waals surface area (Å²) in [6.45, 7) is 0. The van der Waals surface area contributed by atoms with Crippen LogP contribution in [0.25, 0.3) is 11.3 Å². The zero-order chi connectivity index (χ0) is 16.2. The van der Waals surface area contributed by atoms with Crippen LogP contribution in [0.15, 0.2) is 70.6 Å². The van der Waals surface area contributed by atoms with E-state index in [1.165, 1.54) is 23.9 Å². The Balaban J connectivity index is 1.98. The van der Waals surface area contributed by atoms with Crippen LogP contribution in [0, 0.1) is 17.1 Å². The maximum absolute atomic E-state index is 13.0. The maximum atomic E-state index is 13.0. The third-order valence-corrected chi connectivity index (χ3v) is 4.41. The number of rotatable bonds is 3. The first-order chi connectivity index (χ1) is 11.2. The third kappa shape index (κ3) is 3.70. The third-order valence-electron chi connectivity index (χ3n) is 3.15. The second-order valence-electron chi connectivity index (χ2n) is 4.72. The van der Waals surface area contributed by atoms with Gasteiger partial charge in [0.25, 0.3) is 0 Å². The summed E-state index contributed by atoms with van der Waals surface area (Å²) in [5.41, 5.74) is 1.99. The summed E-state index contributed by atoms with van der Waals surface area (Å²) in [5, 5.41) is 10.5. The summed E-state index contributed by atoms with van der Waals surface area (Å²) in [6.07, 6.45) is 0. The number of aromatic nitrogens is 1. The summed E-state index contributed by atoms with van der Waals surface area (Å²) in [4.78, 5) is 5.49. The van der Waals surface area contributed by atoms with E-state index in [-0.39, 0.29) is 5.82 Å². The monoisotopic (exact) mass is 340 g/mol. The summed E-state index contributed by atoms with van der Waals surface area (Å²) in [7, 11) is 0. The molecule has 0 atom stereocenters. The molecule has 0 aliphatic rings. The van der Waals surface area contributed by atoms with Gasteiger partial charge in [0, 0.05) is 15.5 Å². The fourth-order valence-corrected chi connectivity index (χ4v) is 2.99. The minimum atomic E-state index is -0.293. The molecule has 1 aromatic heterocycles. The van der Waals surface area contributed by atoms with Gasteiger partial charge in [-0.2, -0.15) is 5.26 Å². The predicted molar refractivity (Wildman–Crippen MR) is 89.9 cm³/mol. The van der Waals surface area contributed by atoms with Gasteiger partial charge in [0.1, 0.15) is 16.9 Å². The van der Waals surface area contributed by atoms with Gasteiger partial charge in [-0.25, -0.2) is 9.37 Å². The highest BCUT2D eigenvalue weighted by Gasteiger charge is 2.09. The summed E-state index contributed by atoms with van der Waals surface area (Å²) in [6, 6.07) is 19.1. The van der Waals surface area contributed by atoms with Crippen molar-refractivity contribution in [3.05, 3.63) is 77.1 Å². The highest BCUT2D eigenvalue weighted by atomic mass is 35.5. The molecule has 0 saturated carbocycles. The van der Waals surface area contributed by atoms with E-state index < -0.39 is 0 Å². The van der Waals surface area contributed by atoms with E-state index in [9.17, 15) is 9.65 Å². The van der Waals surface area contributed by atoms with Crippen molar-refractivity contribution in [2.45, 2.75) is 9.92 Å². The molecule has 0 fully saturated rings. The van der Waals surface area contributed by atoms with Crippen molar-refractivity contribution in [1.29, 1.82) is 5.26 Å². The molecule has 0 amide bonds. The van der Waals surface area contributed by atoms with Crippen LogP contribution in [0.2, 0.25) is 5.02 Å². The highest BCUT2D eigenvalue weighted by Crippen LogP contribution is 2.31. The number of hydrogen-bond donors (Lipinski definition) is 0. The molecule has 5 heteroatoms. The molecule has 0 radical (unpaired) electrons. The molecule has 23 heavy (non-hydrogen) atoms. The van der Waals surface area contributed by atoms with Crippen LogP contribution in [-0.2, 0) is 0 Å². The molecule has 2 nitrogen and oxygen atoms in total. The van der Waals surface area contributed by atoms with Crippen LogP contribution in [0.4, 0.5) is 4.39 Å². The van der Waals surface area contributed by atoms with Crippen molar-refractivity contribution >= 4 is 23.4 Å². The number of hydrogen-bond acceptors (Lipinski definition) is 3. The normalized spacial score (nSPS) is 10.3. The Labute approximate surface area is 142 Å². The molecule has 0 aliphatic heterocycles. The van der Waals surface area contributed by atoms with Gasteiger partial charge in [-0.15, -0.1) is 0 Å². The number of benzene rings is 2. The second-order valence-corrected chi connectivity index (χ2v) is 6.22. The fourth-order valence-electron chi connectivity index (χ4n) is 2.00. The zero-order valence-electron chi connectivity index (χ0n) is 11.8. The average molecular weight is 341 g/mol. The summed E-state index contributed by atoms with van der Waals surface area (Å²) < 4.78 is 13.0. The number of nitriles is 1. The summed E-state index contributed by atoms with van der Waals surface area (Å²) >= 11 is 7.28. The van der Waals surface area contributed by atoms with E-state index in [1.54, 1.807) is 36.4 Å². The van der Waals surface area contributed by atoms with Crippen molar-refractivity contribution in [2.24, 2.45) is 0 Å². The van der Waals surface area contributed by atoms with E-state index in [4.69, 9.17) is 11.6 Å². The van der Waals surface area contributed by atoms with Gasteiger partial charge in [0.2, 0.25) is 0 Å². The fraction of sp³-hybridized carbons (Fsp3) is 0. The van der Waals surface area contributed by atoms with Gasteiger partial charge in [0.05, 0.1) is 11.3 Å². The molecule has 0 aliphatic carbocycles. The lowest BCUT2D eigenvalue weighted by molar-refractivity contribution is 0.628. The summed E-state index contributed by atoms with van der Waals surface area (Å²) in [5.74, 6) is -0.293. The smallest absolute Gasteiger partial charge is 0.123 e. The largest absolute Gasteiger partial charge is 0.240 e. The molecule has 3 rings (SSSR count). The molecule has 0 bridgehead atoms. The maximum Gasteiger partial charge on any atom is 0.123 e. The van der Waals surface area contributed by atoms with Crippen LogP contribution in [0.5, 0.6) is 0 Å². The van der Waals surface area contributed by atoms with E-state index in [1.807, 2.05) is 12.1 Å². The second kappa shape index (κ2) is 6.82. The first-order valence-electron chi connectivity index (χ1n) is 6.76. The lowest BCUT2D eigenvalue weighted by Gasteiger charge is -2.07. The molecule has 112 valence electrons. The first-order valence-corrected chi connectivity index (χ1v) is 7.95. The number of halogens is 2. The predicted octanol–water partition coefficient (Wildman–Crippen LogP) is 5.56. The Kier molecular flexibility index (Phi) is 4.61. The first kappa shape index (κ1) is 15.5. The van der Waals surface area contributed by atoms with Crippen molar-refractivity contribution in [1.82, 2.24) is 4.98 Å². The molecule has 0 spiro atoms. The standard InChI is InChI=1S/C18H10ClFN2S/c19-14-4-8-16(9-5-14)23-18-13(11-21)3-10-17(22-18)12-1-6-15(20)7-2-12/h1-10H. The van der Waals surface area contributed by atoms with Crippen molar-refractivity contribution in [3.8, 4) is 17.3 Å². The zero-order valence-corrected chi connectivity index (χ0v) is 13.4. The molecular formula is C18H10ClFN2S. The van der Waals surface area contributed by atoms with Gasteiger partial charge < -0.3 is 0 Å². The lowest BCUT2D eigenvalue weighted by atomic mass is 10.1. The van der Waals surface area contributed by atoms with E-state index in [2.05, 4.69) is 11.1 Å².